The van der Waals surface area contributed by atoms with Crippen LogP contribution in [0.4, 0.5) is 0 Å². The highest BCUT2D eigenvalue weighted by Gasteiger charge is 2.28. The van der Waals surface area contributed by atoms with Crippen LogP contribution in [-0.2, 0) is 27.0 Å². The summed E-state index contributed by atoms with van der Waals surface area (Å²) in [6.07, 6.45) is 2.71. The fourth-order valence-corrected chi connectivity index (χ4v) is 3.98. The van der Waals surface area contributed by atoms with Crippen LogP contribution >= 0.6 is 0 Å². The third-order valence-corrected chi connectivity index (χ3v) is 6.03. The minimum Gasteiger partial charge on any atom is -0.488 e. The van der Waals surface area contributed by atoms with Crippen LogP contribution in [0, 0.1) is 0 Å². The van der Waals surface area contributed by atoms with Gasteiger partial charge in [-0.3, -0.25) is 0 Å². The van der Waals surface area contributed by atoms with Gasteiger partial charge < -0.3 is 19.3 Å². The smallest absolute Gasteiger partial charge is 0.328 e. The number of carbonyl (C=O) groups is 1. The zero-order valence-corrected chi connectivity index (χ0v) is 22.9. The number of ether oxygens (including phenoxy) is 3. The normalized spacial score (nSPS) is 12.1. The Labute approximate surface area is 220 Å². The van der Waals surface area contributed by atoms with E-state index in [4.69, 9.17) is 19.3 Å². The van der Waals surface area contributed by atoms with Gasteiger partial charge in [-0.05, 0) is 51.8 Å². The molecular formula is C32H38O5. The lowest BCUT2D eigenvalue weighted by atomic mass is 9.78. The summed E-state index contributed by atoms with van der Waals surface area (Å²) < 4.78 is 17.8. The third kappa shape index (κ3) is 7.46. The lowest BCUT2D eigenvalue weighted by molar-refractivity contribution is -0.131. The van der Waals surface area contributed by atoms with Gasteiger partial charge in [-0.15, -0.1) is 0 Å². The van der Waals surface area contributed by atoms with Gasteiger partial charge in [0.2, 0.25) is 0 Å². The molecule has 1 N–H and O–H groups in total. The molecule has 0 spiro atoms. The van der Waals surface area contributed by atoms with E-state index in [1.54, 1.807) is 13.2 Å². The summed E-state index contributed by atoms with van der Waals surface area (Å²) >= 11 is 0. The zero-order chi connectivity index (χ0) is 27.2. The summed E-state index contributed by atoms with van der Waals surface area (Å²) in [5, 5.41) is 9.16. The molecule has 5 nitrogen and oxygen atoms in total. The first kappa shape index (κ1) is 28.0. The van der Waals surface area contributed by atoms with Gasteiger partial charge in [-0.25, -0.2) is 4.79 Å². The van der Waals surface area contributed by atoms with Crippen molar-refractivity contribution < 1.29 is 24.1 Å². The van der Waals surface area contributed by atoms with Crippen molar-refractivity contribution in [2.45, 2.75) is 59.0 Å². The Balaban J connectivity index is 2.31. The summed E-state index contributed by atoms with van der Waals surface area (Å²) in [4.78, 5) is 11.2. The van der Waals surface area contributed by atoms with E-state index in [9.17, 15) is 4.79 Å². The molecule has 37 heavy (non-hydrogen) atoms. The zero-order valence-electron chi connectivity index (χ0n) is 22.9. The molecule has 196 valence electrons. The van der Waals surface area contributed by atoms with Crippen molar-refractivity contribution >= 4 is 12.0 Å². The van der Waals surface area contributed by atoms with Crippen LogP contribution in [0.3, 0.4) is 0 Å². The van der Waals surface area contributed by atoms with Crippen LogP contribution in [0.5, 0.6) is 11.5 Å². The lowest BCUT2D eigenvalue weighted by Gasteiger charge is -2.30. The number of rotatable bonds is 9. The fraction of sp³-hybridized carbons (Fsp3) is 0.344. The predicted octanol–water partition coefficient (Wildman–Crippen LogP) is 7.61. The Morgan fingerprint density at radius 1 is 0.865 bits per heavy atom. The van der Waals surface area contributed by atoms with Gasteiger partial charge in [0.25, 0.3) is 0 Å². The first-order valence-electron chi connectivity index (χ1n) is 12.4. The summed E-state index contributed by atoms with van der Waals surface area (Å²) in [6, 6.07) is 20.1. The number of hydrogen-bond acceptors (Lipinski definition) is 4. The van der Waals surface area contributed by atoms with Crippen molar-refractivity contribution in [2.75, 3.05) is 13.9 Å². The molecule has 0 radical (unpaired) electrons. The van der Waals surface area contributed by atoms with E-state index in [-0.39, 0.29) is 17.6 Å². The average molecular weight is 503 g/mol. The molecule has 0 aliphatic rings. The molecule has 0 aromatic heterocycles. The molecule has 0 aliphatic carbocycles. The topological polar surface area (TPSA) is 65.0 Å². The second kappa shape index (κ2) is 11.7. The minimum absolute atomic E-state index is 0.0859. The first-order valence-corrected chi connectivity index (χ1v) is 12.4. The van der Waals surface area contributed by atoms with Crippen molar-refractivity contribution in [1.29, 1.82) is 0 Å². The number of methoxy groups -OCH3 is 1. The van der Waals surface area contributed by atoms with E-state index in [2.05, 4.69) is 53.7 Å². The second-order valence-corrected chi connectivity index (χ2v) is 11.2. The monoisotopic (exact) mass is 502 g/mol. The Kier molecular flexibility index (Phi) is 8.82. The summed E-state index contributed by atoms with van der Waals surface area (Å²) in [7, 11) is 1.58. The van der Waals surface area contributed by atoms with Gasteiger partial charge >= 0.3 is 5.97 Å². The molecule has 3 rings (SSSR count). The third-order valence-electron chi connectivity index (χ3n) is 6.03. The predicted molar refractivity (Wildman–Crippen MR) is 149 cm³/mol. The number of aliphatic carboxylic acids is 1. The standard InChI is InChI=1S/C32H38O5/c1-31(2,3)24-18-26(25-17-22(14-16-29(33)34)13-15-28(25)37-21-35-7)30(27(19-24)32(4,5)6)36-20-23-11-9-8-10-12-23/h8-19H,20-21H2,1-7H3,(H,33,34). The minimum atomic E-state index is -1.00. The Hall–Kier alpha value is -3.57. The van der Waals surface area contributed by atoms with Crippen molar-refractivity contribution in [3.63, 3.8) is 0 Å². The number of carboxylic acids is 1. The number of benzene rings is 3. The Bertz CT molecular complexity index is 1240. The van der Waals surface area contributed by atoms with Crippen molar-refractivity contribution in [3.05, 3.63) is 89.0 Å². The molecule has 3 aromatic carbocycles. The van der Waals surface area contributed by atoms with E-state index in [1.807, 2.05) is 48.5 Å². The van der Waals surface area contributed by atoms with Crippen LogP contribution < -0.4 is 9.47 Å². The molecule has 0 aliphatic heterocycles. The first-order chi connectivity index (χ1) is 17.4. The molecule has 0 heterocycles. The van der Waals surface area contributed by atoms with Crippen LogP contribution in [-0.4, -0.2) is 25.0 Å². The van der Waals surface area contributed by atoms with E-state index in [1.165, 1.54) is 5.56 Å². The Morgan fingerprint density at radius 3 is 2.16 bits per heavy atom. The fourth-order valence-electron chi connectivity index (χ4n) is 3.98. The van der Waals surface area contributed by atoms with E-state index in [0.29, 0.717) is 12.4 Å². The van der Waals surface area contributed by atoms with Gasteiger partial charge in [-0.1, -0.05) is 84.0 Å². The van der Waals surface area contributed by atoms with Gasteiger partial charge in [0, 0.05) is 29.9 Å². The van der Waals surface area contributed by atoms with Crippen LogP contribution in [0.15, 0.2) is 66.7 Å². The lowest BCUT2D eigenvalue weighted by Crippen LogP contribution is -2.18. The molecule has 0 amide bonds. The molecule has 5 heteroatoms. The average Bonchev–Trinajstić information content (AvgIpc) is 2.84. The van der Waals surface area contributed by atoms with E-state index < -0.39 is 5.97 Å². The van der Waals surface area contributed by atoms with Gasteiger partial charge in [0.1, 0.15) is 18.1 Å². The highest BCUT2D eigenvalue weighted by atomic mass is 16.7. The molecular weight excluding hydrogens is 464 g/mol. The summed E-state index contributed by atoms with van der Waals surface area (Å²) in [5.41, 5.74) is 5.47. The number of hydrogen-bond donors (Lipinski definition) is 1. The molecule has 0 saturated carbocycles. The van der Waals surface area contributed by atoms with Crippen molar-refractivity contribution in [1.82, 2.24) is 0 Å². The quantitative estimate of drug-likeness (QED) is 0.241. The maximum Gasteiger partial charge on any atom is 0.328 e. The molecule has 0 atom stereocenters. The SMILES string of the molecule is COCOc1ccc(C=CC(=O)O)cc1-c1cc(C(C)(C)C)cc(C(C)(C)C)c1OCc1ccccc1. The summed E-state index contributed by atoms with van der Waals surface area (Å²) in [6.45, 7) is 13.6. The van der Waals surface area contributed by atoms with Crippen LogP contribution in [0.25, 0.3) is 17.2 Å². The second-order valence-electron chi connectivity index (χ2n) is 11.2. The molecule has 0 unspecified atom stereocenters. The molecule has 0 bridgehead atoms. The van der Waals surface area contributed by atoms with Crippen LogP contribution in [0.1, 0.15) is 63.8 Å². The van der Waals surface area contributed by atoms with Gasteiger partial charge in [0.15, 0.2) is 6.79 Å². The van der Waals surface area contributed by atoms with Crippen molar-refractivity contribution in [3.8, 4) is 22.6 Å². The summed E-state index contributed by atoms with van der Waals surface area (Å²) in [5.74, 6) is 0.411. The van der Waals surface area contributed by atoms with E-state index >= 15 is 0 Å². The van der Waals surface area contributed by atoms with Crippen LogP contribution in [0.2, 0.25) is 0 Å². The number of carboxylic acid groups (broad SMARTS) is 1. The van der Waals surface area contributed by atoms with Crippen molar-refractivity contribution in [2.24, 2.45) is 0 Å². The Morgan fingerprint density at radius 2 is 1.57 bits per heavy atom. The highest BCUT2D eigenvalue weighted by Crippen LogP contribution is 2.46. The maximum absolute atomic E-state index is 11.2. The molecule has 3 aromatic rings. The largest absolute Gasteiger partial charge is 0.488 e. The van der Waals surface area contributed by atoms with Gasteiger partial charge in [-0.2, -0.15) is 0 Å². The highest BCUT2D eigenvalue weighted by molar-refractivity contribution is 5.86. The molecule has 0 saturated heterocycles. The van der Waals surface area contributed by atoms with Gasteiger partial charge in [0.05, 0.1) is 0 Å². The molecule has 0 fully saturated rings. The maximum atomic E-state index is 11.2. The van der Waals surface area contributed by atoms with E-state index in [0.717, 1.165) is 39.6 Å².